The highest BCUT2D eigenvalue weighted by atomic mass is 32.1. The van der Waals surface area contributed by atoms with Crippen molar-refractivity contribution < 1.29 is 19.4 Å². The van der Waals surface area contributed by atoms with Crippen molar-refractivity contribution in [3.63, 3.8) is 0 Å². The predicted octanol–water partition coefficient (Wildman–Crippen LogP) is 2.10. The van der Waals surface area contributed by atoms with Crippen LogP contribution in [-0.2, 0) is 9.59 Å². The minimum atomic E-state index is -0.932. The van der Waals surface area contributed by atoms with Crippen molar-refractivity contribution in [1.82, 2.24) is 10.4 Å². The molecular formula is C17H14N4O4S. The number of hydrazone groups is 1. The van der Waals surface area contributed by atoms with Gasteiger partial charge in [-0.2, -0.15) is 5.10 Å². The van der Waals surface area contributed by atoms with Gasteiger partial charge in [0.25, 0.3) is 0 Å². The molecule has 9 heteroatoms. The Balaban J connectivity index is 1.58. The van der Waals surface area contributed by atoms with Crippen LogP contribution in [0.25, 0.3) is 10.2 Å². The standard InChI is InChI=1S/C17H14N4O4S/c1-25-13-7-6-10(8-12(13)22)9-18-21-16(24)15(23)20-17-19-11-4-2-3-5-14(11)26-17/h2-9,22H,1H3,(H,21,24)(H,19,20,23)/b18-9-. The number of hydrogen-bond donors (Lipinski definition) is 3. The van der Waals surface area contributed by atoms with Gasteiger partial charge >= 0.3 is 11.8 Å². The number of phenols is 1. The summed E-state index contributed by atoms with van der Waals surface area (Å²) in [5.41, 5.74) is 3.38. The van der Waals surface area contributed by atoms with Crippen LogP contribution >= 0.6 is 11.3 Å². The first kappa shape index (κ1) is 17.4. The number of thiazole rings is 1. The number of benzene rings is 2. The predicted molar refractivity (Wildman–Crippen MR) is 98.6 cm³/mol. The van der Waals surface area contributed by atoms with Crippen molar-refractivity contribution in [2.45, 2.75) is 0 Å². The number of nitrogens with zero attached hydrogens (tertiary/aromatic N) is 2. The number of methoxy groups -OCH3 is 1. The molecule has 2 amide bonds. The second kappa shape index (κ2) is 7.62. The molecule has 0 saturated heterocycles. The van der Waals surface area contributed by atoms with Crippen molar-refractivity contribution in [2.75, 3.05) is 12.4 Å². The van der Waals surface area contributed by atoms with Crippen LogP contribution in [0.1, 0.15) is 5.56 Å². The van der Waals surface area contributed by atoms with E-state index in [0.29, 0.717) is 16.4 Å². The average molecular weight is 370 g/mol. The zero-order valence-corrected chi connectivity index (χ0v) is 14.4. The summed E-state index contributed by atoms with van der Waals surface area (Å²) >= 11 is 1.27. The zero-order valence-electron chi connectivity index (χ0n) is 13.6. The van der Waals surface area contributed by atoms with Gasteiger partial charge in [0, 0.05) is 0 Å². The molecule has 0 aliphatic heterocycles. The number of aromatic hydroxyl groups is 1. The van der Waals surface area contributed by atoms with Crippen molar-refractivity contribution >= 4 is 44.7 Å². The molecule has 132 valence electrons. The number of phenolic OH excluding ortho intramolecular Hbond substituents is 1. The lowest BCUT2D eigenvalue weighted by molar-refractivity contribution is -0.136. The van der Waals surface area contributed by atoms with Gasteiger partial charge in [0.1, 0.15) is 0 Å². The van der Waals surface area contributed by atoms with E-state index in [2.05, 4.69) is 20.8 Å². The fourth-order valence-corrected chi connectivity index (χ4v) is 2.94. The van der Waals surface area contributed by atoms with Crippen LogP contribution in [0.5, 0.6) is 11.5 Å². The Morgan fingerprint density at radius 2 is 2.04 bits per heavy atom. The van der Waals surface area contributed by atoms with Gasteiger partial charge in [-0.05, 0) is 35.9 Å². The highest BCUT2D eigenvalue weighted by molar-refractivity contribution is 7.22. The number of carbonyl (C=O) groups is 2. The Bertz CT molecular complexity index is 966. The maximum Gasteiger partial charge on any atom is 0.329 e. The lowest BCUT2D eigenvalue weighted by atomic mass is 10.2. The Morgan fingerprint density at radius 1 is 1.23 bits per heavy atom. The van der Waals surface area contributed by atoms with Gasteiger partial charge < -0.3 is 9.84 Å². The number of aromatic nitrogens is 1. The van der Waals surface area contributed by atoms with Gasteiger partial charge in [0.2, 0.25) is 0 Å². The maximum absolute atomic E-state index is 11.9. The van der Waals surface area contributed by atoms with E-state index in [9.17, 15) is 14.7 Å². The molecule has 2 aromatic carbocycles. The van der Waals surface area contributed by atoms with Crippen LogP contribution < -0.4 is 15.5 Å². The number of amides is 2. The van der Waals surface area contributed by atoms with E-state index in [-0.39, 0.29) is 5.75 Å². The Morgan fingerprint density at radius 3 is 2.77 bits per heavy atom. The highest BCUT2D eigenvalue weighted by Crippen LogP contribution is 2.26. The van der Waals surface area contributed by atoms with Crippen LogP contribution in [0, 0.1) is 0 Å². The number of rotatable bonds is 4. The molecule has 0 fully saturated rings. The Labute approximate surface area is 152 Å². The molecule has 1 aromatic heterocycles. The summed E-state index contributed by atoms with van der Waals surface area (Å²) in [5.74, 6) is -1.55. The van der Waals surface area contributed by atoms with Gasteiger partial charge in [0.05, 0.1) is 23.5 Å². The molecule has 0 atom stereocenters. The van der Waals surface area contributed by atoms with E-state index < -0.39 is 11.8 Å². The van der Waals surface area contributed by atoms with Gasteiger partial charge in [-0.25, -0.2) is 10.4 Å². The van der Waals surface area contributed by atoms with Gasteiger partial charge in [0.15, 0.2) is 16.6 Å². The minimum Gasteiger partial charge on any atom is -0.504 e. The second-order valence-corrected chi connectivity index (χ2v) is 6.10. The minimum absolute atomic E-state index is 0.0589. The first-order valence-corrected chi connectivity index (χ1v) is 8.25. The summed E-state index contributed by atoms with van der Waals surface area (Å²) in [5, 5.41) is 16.1. The monoisotopic (exact) mass is 370 g/mol. The SMILES string of the molecule is COc1ccc(/C=N\NC(=O)C(=O)Nc2nc3ccccc3s2)cc1O. The molecule has 0 saturated carbocycles. The molecule has 3 N–H and O–H groups in total. The largest absolute Gasteiger partial charge is 0.504 e. The average Bonchev–Trinajstić information content (AvgIpc) is 3.04. The molecule has 1 heterocycles. The van der Waals surface area contributed by atoms with Crippen molar-refractivity contribution in [2.24, 2.45) is 5.10 Å². The van der Waals surface area contributed by atoms with E-state index in [1.807, 2.05) is 24.3 Å². The van der Waals surface area contributed by atoms with Crippen molar-refractivity contribution in [3.8, 4) is 11.5 Å². The first-order valence-electron chi connectivity index (χ1n) is 7.44. The normalized spacial score (nSPS) is 10.8. The molecule has 0 spiro atoms. The van der Waals surface area contributed by atoms with Crippen LogP contribution in [0.3, 0.4) is 0 Å². The van der Waals surface area contributed by atoms with Crippen LogP contribution in [0.4, 0.5) is 5.13 Å². The molecule has 3 aromatic rings. The summed E-state index contributed by atoms with van der Waals surface area (Å²) in [6.45, 7) is 0. The summed E-state index contributed by atoms with van der Waals surface area (Å²) < 4.78 is 5.83. The topological polar surface area (TPSA) is 113 Å². The van der Waals surface area contributed by atoms with Crippen LogP contribution in [-0.4, -0.2) is 35.2 Å². The fourth-order valence-electron chi connectivity index (χ4n) is 2.08. The molecule has 0 unspecified atom stereocenters. The summed E-state index contributed by atoms with van der Waals surface area (Å²) in [6, 6.07) is 12.0. The van der Waals surface area contributed by atoms with Crippen molar-refractivity contribution in [1.29, 1.82) is 0 Å². The molecule has 26 heavy (non-hydrogen) atoms. The third-order valence-corrected chi connectivity index (χ3v) is 4.26. The van der Waals surface area contributed by atoms with Gasteiger partial charge in [-0.15, -0.1) is 0 Å². The highest BCUT2D eigenvalue weighted by Gasteiger charge is 2.15. The van der Waals surface area contributed by atoms with Crippen LogP contribution in [0.2, 0.25) is 0 Å². The molecule has 0 bridgehead atoms. The van der Waals surface area contributed by atoms with Gasteiger partial charge in [-0.1, -0.05) is 23.5 Å². The summed E-state index contributed by atoms with van der Waals surface area (Å²) in [6.07, 6.45) is 1.29. The number of anilines is 1. The quantitative estimate of drug-likeness (QED) is 0.370. The lowest BCUT2D eigenvalue weighted by Crippen LogP contribution is -2.32. The molecule has 8 nitrogen and oxygen atoms in total. The fraction of sp³-hybridized carbons (Fsp3) is 0.0588. The lowest BCUT2D eigenvalue weighted by Gasteiger charge is -2.03. The first-order chi connectivity index (χ1) is 12.6. The number of carbonyl (C=O) groups excluding carboxylic acids is 2. The number of hydrogen-bond acceptors (Lipinski definition) is 7. The second-order valence-electron chi connectivity index (χ2n) is 5.07. The Hall–Kier alpha value is -3.46. The molecular weight excluding hydrogens is 356 g/mol. The van der Waals surface area contributed by atoms with Crippen molar-refractivity contribution in [3.05, 3.63) is 48.0 Å². The summed E-state index contributed by atoms with van der Waals surface area (Å²) in [7, 11) is 1.44. The smallest absolute Gasteiger partial charge is 0.329 e. The van der Waals surface area contributed by atoms with E-state index >= 15 is 0 Å². The third kappa shape index (κ3) is 3.95. The number of ether oxygens (including phenoxy) is 1. The molecule has 0 radical (unpaired) electrons. The molecule has 0 aliphatic rings. The maximum atomic E-state index is 11.9. The summed E-state index contributed by atoms with van der Waals surface area (Å²) in [4.78, 5) is 27.9. The molecule has 3 rings (SSSR count). The zero-order chi connectivity index (χ0) is 18.5. The third-order valence-electron chi connectivity index (χ3n) is 3.30. The number of fused-ring (bicyclic) bond motifs is 1. The van der Waals surface area contributed by atoms with E-state index in [1.165, 1.54) is 30.7 Å². The van der Waals surface area contributed by atoms with E-state index in [1.54, 1.807) is 12.1 Å². The van der Waals surface area contributed by atoms with Gasteiger partial charge in [-0.3, -0.25) is 14.9 Å². The number of nitrogens with one attached hydrogen (secondary N) is 2. The molecule has 0 aliphatic carbocycles. The number of para-hydroxylation sites is 1. The van der Waals surface area contributed by atoms with E-state index in [0.717, 1.165) is 10.2 Å². The van der Waals surface area contributed by atoms with E-state index in [4.69, 9.17) is 4.74 Å². The Kier molecular flexibility index (Phi) is 5.09. The van der Waals surface area contributed by atoms with Crippen LogP contribution in [0.15, 0.2) is 47.6 Å².